The van der Waals surface area contributed by atoms with Crippen molar-refractivity contribution in [2.75, 3.05) is 26.2 Å². The first-order valence-corrected chi connectivity index (χ1v) is 6.67. The molecule has 1 saturated heterocycles. The third-order valence-electron chi connectivity index (χ3n) is 3.57. The Kier molecular flexibility index (Phi) is 4.93. The predicted octanol–water partition coefficient (Wildman–Crippen LogP) is 2.94. The summed E-state index contributed by atoms with van der Waals surface area (Å²) >= 11 is 0. The monoisotopic (exact) mass is 360 g/mol. The Hall–Kier alpha value is -1.32. The molecule has 0 aromatic heterocycles. The number of alkyl halides is 5. The molecule has 4 nitrogen and oxygen atoms in total. The molecule has 2 heterocycles. The molecule has 0 amide bonds. The van der Waals surface area contributed by atoms with Crippen molar-refractivity contribution in [2.45, 2.75) is 18.5 Å². The zero-order chi connectivity index (χ0) is 16.0. The first-order chi connectivity index (χ1) is 10.3. The van der Waals surface area contributed by atoms with Crippen LogP contribution in [0.2, 0.25) is 0 Å². The second-order valence-corrected chi connectivity index (χ2v) is 5.10. The standard InChI is InChI=1S/C13H13F5N2O2.ClH/c14-12(15,16)11(20-5-3-19-4-6-20)8-1-2-9-10(7-8)22-13(17,18)21-9;/h1-2,7,11,19H,3-6H2;1H/t11-;/m0./s1. The molecule has 1 fully saturated rings. The maximum absolute atomic E-state index is 13.4. The molecular weight excluding hydrogens is 347 g/mol. The summed E-state index contributed by atoms with van der Waals surface area (Å²) in [7, 11) is 0. The van der Waals surface area contributed by atoms with E-state index in [4.69, 9.17) is 0 Å². The molecule has 1 N–H and O–H groups in total. The summed E-state index contributed by atoms with van der Waals surface area (Å²) in [6.45, 7) is 1.31. The maximum Gasteiger partial charge on any atom is 0.586 e. The van der Waals surface area contributed by atoms with Gasteiger partial charge in [0.15, 0.2) is 11.5 Å². The van der Waals surface area contributed by atoms with Crippen LogP contribution >= 0.6 is 12.4 Å². The fraction of sp³-hybridized carbons (Fsp3) is 0.538. The second kappa shape index (κ2) is 6.29. The molecule has 0 saturated carbocycles. The lowest BCUT2D eigenvalue weighted by molar-refractivity contribution is -0.286. The largest absolute Gasteiger partial charge is 0.586 e. The van der Waals surface area contributed by atoms with Gasteiger partial charge in [0.2, 0.25) is 0 Å². The summed E-state index contributed by atoms with van der Waals surface area (Å²) in [5, 5.41) is 2.97. The number of halogens is 6. The van der Waals surface area contributed by atoms with E-state index in [1.807, 2.05) is 0 Å². The average molecular weight is 361 g/mol. The highest BCUT2D eigenvalue weighted by Gasteiger charge is 2.47. The number of nitrogens with one attached hydrogen (secondary N) is 1. The van der Waals surface area contributed by atoms with Crippen LogP contribution in [-0.4, -0.2) is 43.5 Å². The first-order valence-electron chi connectivity index (χ1n) is 6.67. The van der Waals surface area contributed by atoms with Crippen molar-refractivity contribution in [3.8, 4) is 11.5 Å². The minimum Gasteiger partial charge on any atom is -0.395 e. The van der Waals surface area contributed by atoms with E-state index in [1.54, 1.807) is 0 Å². The molecule has 0 radical (unpaired) electrons. The lowest BCUT2D eigenvalue weighted by atomic mass is 10.0. The maximum atomic E-state index is 13.4. The fourth-order valence-corrected chi connectivity index (χ4v) is 2.68. The number of hydrogen-bond acceptors (Lipinski definition) is 4. The van der Waals surface area contributed by atoms with Gasteiger partial charge in [-0.25, -0.2) is 0 Å². The van der Waals surface area contributed by atoms with Crippen LogP contribution in [0.5, 0.6) is 11.5 Å². The van der Waals surface area contributed by atoms with E-state index in [2.05, 4.69) is 14.8 Å². The quantitative estimate of drug-likeness (QED) is 0.822. The zero-order valence-corrected chi connectivity index (χ0v) is 12.5. The minimum atomic E-state index is -4.52. The Labute approximate surface area is 134 Å². The summed E-state index contributed by atoms with van der Waals surface area (Å²) in [4.78, 5) is 1.27. The van der Waals surface area contributed by atoms with Gasteiger partial charge in [-0.15, -0.1) is 21.2 Å². The molecule has 0 bridgehead atoms. The molecule has 10 heteroatoms. The third-order valence-corrected chi connectivity index (χ3v) is 3.57. The fourth-order valence-electron chi connectivity index (χ4n) is 2.68. The smallest absolute Gasteiger partial charge is 0.395 e. The number of fused-ring (bicyclic) bond motifs is 1. The van der Waals surface area contributed by atoms with Gasteiger partial charge in [-0.3, -0.25) is 4.90 Å². The molecule has 0 spiro atoms. The van der Waals surface area contributed by atoms with E-state index in [0.29, 0.717) is 13.1 Å². The zero-order valence-electron chi connectivity index (χ0n) is 11.7. The van der Waals surface area contributed by atoms with E-state index in [-0.39, 0.29) is 42.6 Å². The summed E-state index contributed by atoms with van der Waals surface area (Å²) in [6, 6.07) is 1.32. The van der Waals surface area contributed by atoms with Gasteiger partial charge in [-0.2, -0.15) is 13.2 Å². The first kappa shape index (κ1) is 18.0. The second-order valence-electron chi connectivity index (χ2n) is 5.10. The van der Waals surface area contributed by atoms with Crippen molar-refractivity contribution < 1.29 is 31.4 Å². The Morgan fingerprint density at radius 3 is 2.30 bits per heavy atom. The van der Waals surface area contributed by atoms with E-state index in [1.165, 1.54) is 4.90 Å². The molecule has 1 aromatic rings. The molecule has 2 aliphatic rings. The van der Waals surface area contributed by atoms with Crippen LogP contribution in [-0.2, 0) is 0 Å². The minimum absolute atomic E-state index is 0. The Morgan fingerprint density at radius 1 is 1.09 bits per heavy atom. The van der Waals surface area contributed by atoms with E-state index in [9.17, 15) is 22.0 Å². The van der Waals surface area contributed by atoms with Gasteiger partial charge in [-0.1, -0.05) is 6.07 Å². The van der Waals surface area contributed by atoms with E-state index in [0.717, 1.165) is 18.2 Å². The topological polar surface area (TPSA) is 33.7 Å². The Morgan fingerprint density at radius 2 is 1.70 bits per heavy atom. The van der Waals surface area contributed by atoms with Gasteiger partial charge in [0.05, 0.1) is 0 Å². The molecular formula is C13H14ClF5N2O2. The van der Waals surface area contributed by atoms with Gasteiger partial charge >= 0.3 is 12.5 Å². The number of rotatable bonds is 2. The van der Waals surface area contributed by atoms with Gasteiger partial charge in [0.1, 0.15) is 6.04 Å². The highest BCUT2D eigenvalue weighted by molar-refractivity contribution is 5.85. The predicted molar refractivity (Wildman–Crippen MR) is 73.1 cm³/mol. The van der Waals surface area contributed by atoms with E-state index >= 15 is 0 Å². The summed E-state index contributed by atoms with van der Waals surface area (Å²) in [6.07, 6.45) is -8.36. The van der Waals surface area contributed by atoms with Crippen LogP contribution in [0.15, 0.2) is 18.2 Å². The molecule has 0 aliphatic carbocycles. The SMILES string of the molecule is Cl.FC1(F)Oc2ccc([C@H](N3CCNCC3)C(F)(F)F)cc2O1. The van der Waals surface area contributed by atoms with Crippen molar-refractivity contribution in [1.82, 2.24) is 10.2 Å². The van der Waals surface area contributed by atoms with Crippen molar-refractivity contribution in [2.24, 2.45) is 0 Å². The highest BCUT2D eigenvalue weighted by Crippen LogP contribution is 2.45. The molecule has 1 atom stereocenters. The van der Waals surface area contributed by atoms with E-state index < -0.39 is 18.5 Å². The van der Waals surface area contributed by atoms with Gasteiger partial charge in [0, 0.05) is 26.2 Å². The van der Waals surface area contributed by atoms with Crippen molar-refractivity contribution in [3.05, 3.63) is 23.8 Å². The Balaban J connectivity index is 0.00000192. The van der Waals surface area contributed by atoms with Crippen molar-refractivity contribution in [3.63, 3.8) is 0 Å². The highest BCUT2D eigenvalue weighted by atomic mass is 35.5. The third kappa shape index (κ3) is 3.78. The molecule has 0 unspecified atom stereocenters. The lowest BCUT2D eigenvalue weighted by Crippen LogP contribution is -2.49. The number of benzene rings is 1. The molecule has 1 aromatic carbocycles. The lowest BCUT2D eigenvalue weighted by Gasteiger charge is -2.36. The van der Waals surface area contributed by atoms with Crippen LogP contribution in [0.25, 0.3) is 0 Å². The van der Waals surface area contributed by atoms with Gasteiger partial charge in [-0.05, 0) is 17.7 Å². The summed E-state index contributed by atoms with van der Waals surface area (Å²) in [5.41, 5.74) is -0.144. The van der Waals surface area contributed by atoms with Crippen LogP contribution in [0.4, 0.5) is 22.0 Å². The van der Waals surface area contributed by atoms with Gasteiger partial charge < -0.3 is 14.8 Å². The summed E-state index contributed by atoms with van der Waals surface area (Å²) < 4.78 is 74.6. The number of piperazine rings is 1. The van der Waals surface area contributed by atoms with Crippen molar-refractivity contribution >= 4 is 12.4 Å². The van der Waals surface area contributed by atoms with Gasteiger partial charge in [0.25, 0.3) is 0 Å². The Bertz CT molecular complexity index is 564. The van der Waals surface area contributed by atoms with Crippen LogP contribution in [0.3, 0.4) is 0 Å². The van der Waals surface area contributed by atoms with Crippen LogP contribution in [0, 0.1) is 0 Å². The van der Waals surface area contributed by atoms with Crippen LogP contribution in [0.1, 0.15) is 11.6 Å². The number of ether oxygens (including phenoxy) is 2. The average Bonchev–Trinajstić information content (AvgIpc) is 2.71. The number of hydrogen-bond donors (Lipinski definition) is 1. The molecule has 3 rings (SSSR count). The molecule has 2 aliphatic heterocycles. The molecule has 130 valence electrons. The van der Waals surface area contributed by atoms with Crippen LogP contribution < -0.4 is 14.8 Å². The summed E-state index contributed by atoms with van der Waals surface area (Å²) in [5.74, 6) is -0.651. The number of nitrogens with zero attached hydrogens (tertiary/aromatic N) is 1. The normalized spacial score (nSPS) is 21.6. The van der Waals surface area contributed by atoms with Crippen molar-refractivity contribution in [1.29, 1.82) is 0 Å². The molecule has 23 heavy (non-hydrogen) atoms.